The minimum atomic E-state index is -6.40. The van der Waals surface area contributed by atoms with Gasteiger partial charge in [0.25, 0.3) is 0 Å². The van der Waals surface area contributed by atoms with E-state index in [2.05, 4.69) is 62.8 Å². The lowest BCUT2D eigenvalue weighted by atomic mass is 10.0. The number of quaternary nitrogens is 1. The lowest BCUT2D eigenvalue weighted by Crippen LogP contribution is -2.63. The lowest BCUT2D eigenvalue weighted by Gasteiger charge is -2.36. The van der Waals surface area contributed by atoms with Crippen molar-refractivity contribution in [3.63, 3.8) is 0 Å². The average Bonchev–Trinajstić information content (AvgIpc) is 2.70. The number of halogens is 6. The maximum absolute atomic E-state index is 13.0. The van der Waals surface area contributed by atoms with Crippen LogP contribution in [0.4, 0.5) is 26.3 Å². The summed E-state index contributed by atoms with van der Waals surface area (Å²) in [5.74, 6) is -5.14. The van der Waals surface area contributed by atoms with Crippen molar-refractivity contribution in [3.8, 4) is 0 Å². The van der Waals surface area contributed by atoms with Gasteiger partial charge in [-0.15, -0.1) is 0 Å². The molecular weight excluding hydrogens is 516 g/mol. The lowest BCUT2D eigenvalue weighted by molar-refractivity contribution is -0.884. The fourth-order valence-electron chi connectivity index (χ4n) is 2.82. The molecule has 0 bridgehead atoms. The van der Waals surface area contributed by atoms with Crippen LogP contribution in [0.3, 0.4) is 0 Å². The second-order valence-electron chi connectivity index (χ2n) is 8.67. The highest BCUT2D eigenvalue weighted by molar-refractivity contribution is 7.85. The van der Waals surface area contributed by atoms with Crippen LogP contribution in [0.2, 0.25) is 0 Å². The fourth-order valence-corrected chi connectivity index (χ4v) is 3.71. The number of esters is 1. The van der Waals surface area contributed by atoms with Crippen LogP contribution >= 0.6 is 0 Å². The summed E-state index contributed by atoms with van der Waals surface area (Å²) in [6, 6.07) is 14.6. The van der Waals surface area contributed by atoms with Gasteiger partial charge < -0.3 is 13.8 Å². The van der Waals surface area contributed by atoms with Crippen LogP contribution in [0.1, 0.15) is 21.5 Å². The zero-order valence-electron chi connectivity index (χ0n) is 19.6. The Morgan fingerprint density at radius 1 is 0.944 bits per heavy atom. The molecule has 0 N–H and O–H groups in total. The minimum absolute atomic E-state index is 0.400. The maximum atomic E-state index is 13.0. The van der Waals surface area contributed by atoms with Gasteiger partial charge in [-0.3, -0.25) is 0 Å². The van der Waals surface area contributed by atoms with Crippen LogP contribution in [0.5, 0.6) is 0 Å². The summed E-state index contributed by atoms with van der Waals surface area (Å²) >= 11 is 0. The van der Waals surface area contributed by atoms with E-state index < -0.39 is 45.4 Å². The summed E-state index contributed by atoms with van der Waals surface area (Å²) < 4.78 is 114. The van der Waals surface area contributed by atoms with Crippen LogP contribution in [-0.4, -0.2) is 68.3 Å². The van der Waals surface area contributed by atoms with Crippen LogP contribution in [-0.2, 0) is 21.4 Å². The summed E-state index contributed by atoms with van der Waals surface area (Å²) in [6.07, 6.45) is -11.5. The Bertz CT molecular complexity index is 1110. The summed E-state index contributed by atoms with van der Waals surface area (Å²) in [7, 11) is 0.537. The third kappa shape index (κ3) is 9.28. The average molecular weight is 542 g/mol. The second-order valence-corrected chi connectivity index (χ2v) is 10.1. The zero-order valence-corrected chi connectivity index (χ0v) is 20.4. The molecule has 0 amide bonds. The Kier molecular flexibility index (Phi) is 9.89. The van der Waals surface area contributed by atoms with Crippen molar-refractivity contribution in [2.24, 2.45) is 0 Å². The second kappa shape index (κ2) is 11.4. The number of ether oxygens (including phenoxy) is 1. The summed E-state index contributed by atoms with van der Waals surface area (Å²) in [5.41, 5.74) is -4.40. The van der Waals surface area contributed by atoms with E-state index >= 15 is 0 Å². The van der Waals surface area contributed by atoms with Crippen molar-refractivity contribution in [2.45, 2.75) is 24.5 Å². The van der Waals surface area contributed by atoms with Crippen molar-refractivity contribution < 1.29 is 53.3 Å². The number of rotatable bonds is 7. The topological polar surface area (TPSA) is 83.5 Å². The van der Waals surface area contributed by atoms with Gasteiger partial charge >= 0.3 is 23.9 Å². The number of carbonyl (C=O) groups is 1. The highest BCUT2D eigenvalue weighted by Gasteiger charge is 2.75. The van der Waals surface area contributed by atoms with Gasteiger partial charge in [-0.25, -0.2) is 13.2 Å². The molecule has 0 aliphatic heterocycles. The van der Waals surface area contributed by atoms with Gasteiger partial charge in [0.15, 0.2) is 0 Å². The Hall–Kier alpha value is -2.90. The molecule has 2 rings (SSSR count). The molecule has 0 saturated carbocycles. The molecule has 2 aromatic carbocycles. The van der Waals surface area contributed by atoms with Crippen LogP contribution in [0.15, 0.2) is 61.2 Å². The molecule has 6 nitrogen and oxygen atoms in total. The van der Waals surface area contributed by atoms with Crippen molar-refractivity contribution in [1.29, 1.82) is 0 Å². The van der Waals surface area contributed by atoms with Gasteiger partial charge in [-0.2, -0.15) is 26.3 Å². The van der Waals surface area contributed by atoms with Crippen molar-refractivity contribution in [1.82, 2.24) is 0 Å². The van der Waals surface area contributed by atoms with Gasteiger partial charge in [-0.1, -0.05) is 55.1 Å². The molecule has 0 radical (unpaired) electrons. The zero-order chi connectivity index (χ0) is 28.0. The maximum Gasteiger partial charge on any atom is 0.438 e. The number of benzene rings is 2. The molecule has 0 saturated heterocycles. The molecule has 0 unspecified atom stereocenters. The van der Waals surface area contributed by atoms with Gasteiger partial charge in [0.2, 0.25) is 0 Å². The molecule has 0 heterocycles. The van der Waals surface area contributed by atoms with E-state index in [0.29, 0.717) is 5.56 Å². The monoisotopic (exact) mass is 541 g/mol. The number of alkyl halides is 6. The fraction of sp³-hybridized carbons (Fsp3) is 0.348. The van der Waals surface area contributed by atoms with Gasteiger partial charge in [-0.05, 0) is 17.7 Å². The molecule has 36 heavy (non-hydrogen) atoms. The van der Waals surface area contributed by atoms with Crippen molar-refractivity contribution in [3.05, 3.63) is 77.9 Å². The molecular formula is C23H25F6NO5S. The van der Waals surface area contributed by atoms with Crippen molar-refractivity contribution >= 4 is 22.2 Å². The highest BCUT2D eigenvalue weighted by atomic mass is 32.2. The molecule has 0 aliphatic carbocycles. The third-order valence-electron chi connectivity index (χ3n) is 4.44. The SMILES string of the molecule is C=Cc1ccc(C(=O)OC(CS(=O)(=O)[O-])(C(F)(F)F)C(F)(F)F)cc1.C[N+](C)(C)Cc1ccccc1. The number of nitrogens with zero attached hydrogens (tertiary/aromatic N) is 1. The number of hydrogen-bond donors (Lipinski definition) is 0. The molecule has 2 aromatic rings. The molecule has 200 valence electrons. The van der Waals surface area contributed by atoms with Crippen LogP contribution in [0, 0.1) is 0 Å². The Balaban J connectivity index is 0.000000488. The predicted octanol–water partition coefficient (Wildman–Crippen LogP) is 4.79. The first-order chi connectivity index (χ1) is 16.2. The van der Waals surface area contributed by atoms with E-state index in [9.17, 15) is 44.1 Å². The quantitative estimate of drug-likeness (QED) is 0.218. The van der Waals surface area contributed by atoms with Gasteiger partial charge in [0, 0.05) is 5.56 Å². The predicted molar refractivity (Wildman–Crippen MR) is 120 cm³/mol. The summed E-state index contributed by atoms with van der Waals surface area (Å²) in [5, 5.41) is 0. The first-order valence-electron chi connectivity index (χ1n) is 10.1. The van der Waals surface area contributed by atoms with E-state index in [4.69, 9.17) is 0 Å². The molecule has 0 spiro atoms. The first kappa shape index (κ1) is 31.1. The van der Waals surface area contributed by atoms with Crippen LogP contribution in [0.25, 0.3) is 6.08 Å². The molecule has 0 aromatic heterocycles. The minimum Gasteiger partial charge on any atom is -0.748 e. The number of hydrogen-bond acceptors (Lipinski definition) is 5. The van der Waals surface area contributed by atoms with E-state index in [-0.39, 0.29) is 0 Å². The smallest absolute Gasteiger partial charge is 0.438 e. The van der Waals surface area contributed by atoms with Gasteiger partial charge in [0.1, 0.15) is 6.54 Å². The Morgan fingerprint density at radius 3 is 1.78 bits per heavy atom. The Morgan fingerprint density at radius 2 is 1.42 bits per heavy atom. The van der Waals surface area contributed by atoms with E-state index in [1.54, 1.807) is 0 Å². The standard InChI is InChI=1S/C13H10F6O5S.C10H16N/c1-2-8-3-5-9(6-4-8)10(20)24-11(12(14,15)16,13(17,18)19)7-25(21,22)23;1-11(2,3)9-10-7-5-4-6-8-10/h2-6H,1,7H2,(H,21,22,23);4-8H,9H2,1-3H3/q;+1/p-1. The van der Waals surface area contributed by atoms with E-state index in [0.717, 1.165) is 35.3 Å². The summed E-state index contributed by atoms with van der Waals surface area (Å²) in [4.78, 5) is 11.7. The third-order valence-corrected chi connectivity index (χ3v) is 5.20. The van der Waals surface area contributed by atoms with Gasteiger partial charge in [0.05, 0.1) is 42.6 Å². The van der Waals surface area contributed by atoms with Crippen molar-refractivity contribution in [2.75, 3.05) is 26.9 Å². The highest BCUT2D eigenvalue weighted by Crippen LogP contribution is 2.47. The van der Waals surface area contributed by atoms with E-state index in [1.165, 1.54) is 11.6 Å². The van der Waals surface area contributed by atoms with Crippen LogP contribution < -0.4 is 0 Å². The largest absolute Gasteiger partial charge is 0.748 e. The Labute approximate surface area is 205 Å². The molecule has 0 aliphatic rings. The summed E-state index contributed by atoms with van der Waals surface area (Å²) in [6.45, 7) is 4.45. The normalized spacial score (nSPS) is 12.8. The first-order valence-corrected chi connectivity index (χ1v) is 11.7. The number of carbonyl (C=O) groups excluding carboxylic acids is 1. The van der Waals surface area contributed by atoms with E-state index in [1.807, 2.05) is 0 Å². The molecule has 0 atom stereocenters. The molecule has 13 heteroatoms. The molecule has 0 fully saturated rings.